The molecule has 4 aliphatic carbocycles. The Kier molecular flexibility index (Phi) is 5.80. The van der Waals surface area contributed by atoms with Crippen LogP contribution in [0.1, 0.15) is 88.2 Å². The second-order valence-corrected chi connectivity index (χ2v) is 11.6. The molecule has 0 amide bonds. The van der Waals surface area contributed by atoms with Gasteiger partial charge in [0.15, 0.2) is 0 Å². The van der Waals surface area contributed by atoms with E-state index in [4.69, 9.17) is 9.47 Å². The van der Waals surface area contributed by atoms with Gasteiger partial charge in [-0.2, -0.15) is 0 Å². The third kappa shape index (κ3) is 3.94. The second-order valence-electron chi connectivity index (χ2n) is 11.6. The van der Waals surface area contributed by atoms with Crippen molar-refractivity contribution >= 4 is 6.16 Å². The summed E-state index contributed by atoms with van der Waals surface area (Å²) in [6, 6.07) is 7.16. The average Bonchev–Trinajstić information content (AvgIpc) is 2.83. The molecule has 5 nitrogen and oxygen atoms in total. The molecular weight excluding hydrogens is 414 g/mol. The quantitative estimate of drug-likeness (QED) is 0.430. The molecule has 1 aliphatic heterocycles. The van der Waals surface area contributed by atoms with Gasteiger partial charge in [-0.1, -0.05) is 44.6 Å². The molecule has 0 aromatic heterocycles. The van der Waals surface area contributed by atoms with Crippen LogP contribution in [0.5, 0.6) is 5.75 Å². The van der Waals surface area contributed by atoms with Crippen LogP contribution in [0.2, 0.25) is 0 Å². The largest absolute Gasteiger partial charge is 0.508 e. The lowest BCUT2D eigenvalue weighted by atomic mass is 9.53. The summed E-state index contributed by atoms with van der Waals surface area (Å²) in [6.07, 6.45) is 14.1. The van der Waals surface area contributed by atoms with E-state index in [2.05, 4.69) is 23.5 Å². The van der Waals surface area contributed by atoms with Crippen LogP contribution in [0.25, 0.3) is 0 Å². The summed E-state index contributed by atoms with van der Waals surface area (Å²) >= 11 is 0. The highest BCUT2D eigenvalue weighted by Gasteiger charge is 2.51. The summed E-state index contributed by atoms with van der Waals surface area (Å²) in [5, 5.41) is 13.3. The van der Waals surface area contributed by atoms with Crippen molar-refractivity contribution in [2.75, 3.05) is 6.54 Å². The fourth-order valence-electron chi connectivity index (χ4n) is 8.58. The normalized spacial score (nSPS) is 38.2. The number of benzene rings is 1. The van der Waals surface area contributed by atoms with Crippen LogP contribution < -0.4 is 10.1 Å². The number of rotatable bonds is 4. The van der Waals surface area contributed by atoms with Gasteiger partial charge in [0.25, 0.3) is 6.29 Å². The molecule has 6 rings (SSSR count). The van der Waals surface area contributed by atoms with Crippen LogP contribution >= 0.6 is 0 Å². The fraction of sp³-hybridized carbons (Fsp3) is 0.750. The van der Waals surface area contributed by atoms with Crippen LogP contribution in [-0.4, -0.2) is 30.1 Å². The van der Waals surface area contributed by atoms with Crippen molar-refractivity contribution in [3.63, 3.8) is 0 Å². The third-order valence-electron chi connectivity index (χ3n) is 10.1. The van der Waals surface area contributed by atoms with Gasteiger partial charge in [0.05, 0.1) is 0 Å². The molecule has 0 spiro atoms. The van der Waals surface area contributed by atoms with E-state index in [1.54, 1.807) is 0 Å². The van der Waals surface area contributed by atoms with Crippen molar-refractivity contribution in [1.29, 1.82) is 0 Å². The molecule has 5 aliphatic rings. The molecule has 2 N–H and O–H groups in total. The van der Waals surface area contributed by atoms with Crippen molar-refractivity contribution in [2.24, 2.45) is 23.7 Å². The Balaban J connectivity index is 1.26. The number of carboxylic acid groups (broad SMARTS) is 1. The lowest BCUT2D eigenvalue weighted by Crippen LogP contribution is -2.59. The first-order valence-electron chi connectivity index (χ1n) is 13.6. The van der Waals surface area contributed by atoms with E-state index in [9.17, 15) is 9.90 Å². The van der Waals surface area contributed by atoms with E-state index in [0.29, 0.717) is 12.0 Å². The molecule has 4 unspecified atom stereocenters. The van der Waals surface area contributed by atoms with E-state index in [0.717, 1.165) is 43.4 Å². The molecule has 1 aromatic rings. The number of hydrogen-bond donors (Lipinski definition) is 2. The SMILES string of the molecule is O=C(O)OC(Oc1ccc2c(c1)[C@@]13CCCC[C@H]1[C@@H](C2)NCC3)C1CCC2CCCCC2C1. The van der Waals surface area contributed by atoms with Crippen molar-refractivity contribution in [3.8, 4) is 5.75 Å². The predicted molar refractivity (Wildman–Crippen MR) is 127 cm³/mol. The Morgan fingerprint density at radius 3 is 2.76 bits per heavy atom. The van der Waals surface area contributed by atoms with E-state index < -0.39 is 12.4 Å². The van der Waals surface area contributed by atoms with Gasteiger partial charge in [-0.15, -0.1) is 0 Å². The van der Waals surface area contributed by atoms with E-state index in [-0.39, 0.29) is 11.3 Å². The van der Waals surface area contributed by atoms with Crippen LogP contribution in [0.15, 0.2) is 18.2 Å². The van der Waals surface area contributed by atoms with Crippen molar-refractivity contribution in [3.05, 3.63) is 29.3 Å². The minimum Gasteiger partial charge on any atom is -0.454 e. The summed E-state index contributed by atoms with van der Waals surface area (Å²) in [7, 11) is 0. The Hall–Kier alpha value is -1.75. The minimum atomic E-state index is -1.23. The topological polar surface area (TPSA) is 67.8 Å². The maximum atomic E-state index is 11.6. The average molecular weight is 454 g/mol. The molecule has 1 aromatic carbocycles. The van der Waals surface area contributed by atoms with Gasteiger partial charge in [-0.25, -0.2) is 4.79 Å². The maximum absolute atomic E-state index is 11.6. The molecule has 33 heavy (non-hydrogen) atoms. The number of carbonyl (C=O) groups is 1. The summed E-state index contributed by atoms with van der Waals surface area (Å²) in [6.45, 7) is 1.10. The number of ether oxygens (including phenoxy) is 2. The van der Waals surface area contributed by atoms with E-state index in [1.807, 2.05) is 0 Å². The van der Waals surface area contributed by atoms with Crippen molar-refractivity contribution in [2.45, 2.75) is 101 Å². The molecule has 7 atom stereocenters. The zero-order chi connectivity index (χ0) is 22.4. The second kappa shape index (κ2) is 8.79. The van der Waals surface area contributed by atoms with Gasteiger partial charge < -0.3 is 19.9 Å². The van der Waals surface area contributed by atoms with Gasteiger partial charge in [-0.05, 0) is 92.5 Å². The Bertz CT molecular complexity index is 883. The summed E-state index contributed by atoms with van der Waals surface area (Å²) in [5.41, 5.74) is 3.20. The smallest absolute Gasteiger partial charge is 0.454 e. The molecule has 3 saturated carbocycles. The lowest BCUT2D eigenvalue weighted by Gasteiger charge is -2.56. The highest BCUT2D eigenvalue weighted by atomic mass is 16.8. The summed E-state index contributed by atoms with van der Waals surface area (Å²) < 4.78 is 11.8. The molecule has 0 radical (unpaired) electrons. The zero-order valence-corrected chi connectivity index (χ0v) is 19.8. The van der Waals surface area contributed by atoms with Crippen LogP contribution in [0.3, 0.4) is 0 Å². The van der Waals surface area contributed by atoms with Crippen LogP contribution in [0.4, 0.5) is 4.79 Å². The highest BCUT2D eigenvalue weighted by molar-refractivity contribution is 5.57. The number of fused-ring (bicyclic) bond motifs is 2. The summed E-state index contributed by atoms with van der Waals surface area (Å²) in [5.74, 6) is 3.19. The molecule has 180 valence electrons. The molecule has 2 bridgehead atoms. The lowest BCUT2D eigenvalue weighted by molar-refractivity contribution is -0.106. The van der Waals surface area contributed by atoms with Crippen molar-refractivity contribution in [1.82, 2.24) is 5.32 Å². The number of piperidine rings is 1. The standard InChI is InChI=1S/C28H39NO4/c30-27(31)33-26(21-9-8-18-5-1-2-6-19(18)15-21)32-22-11-10-20-16-25-23-7-3-4-12-28(23,13-14-29-25)24(20)17-22/h10-11,17-19,21,23,25-26,29H,1-9,12-16H2,(H,30,31)/t18?,19?,21?,23-,25+,26?,28+/m0/s1. The fourth-order valence-corrected chi connectivity index (χ4v) is 8.58. The first-order chi connectivity index (χ1) is 16.1. The molecular formula is C28H39NO4. The molecule has 5 heteroatoms. The first-order valence-corrected chi connectivity index (χ1v) is 13.6. The number of nitrogens with one attached hydrogen (secondary N) is 1. The monoisotopic (exact) mass is 453 g/mol. The molecule has 1 heterocycles. The predicted octanol–water partition coefficient (Wildman–Crippen LogP) is 6.04. The minimum absolute atomic E-state index is 0.153. The van der Waals surface area contributed by atoms with Crippen molar-refractivity contribution < 1.29 is 19.4 Å². The molecule has 1 saturated heterocycles. The maximum Gasteiger partial charge on any atom is 0.508 e. The Labute approximate surface area is 197 Å². The van der Waals surface area contributed by atoms with Crippen LogP contribution in [0, 0.1) is 23.7 Å². The third-order valence-corrected chi connectivity index (χ3v) is 10.1. The Morgan fingerprint density at radius 1 is 1.03 bits per heavy atom. The highest BCUT2D eigenvalue weighted by Crippen LogP contribution is 2.54. The van der Waals surface area contributed by atoms with Gasteiger partial charge in [0, 0.05) is 17.4 Å². The van der Waals surface area contributed by atoms with Gasteiger partial charge in [0.1, 0.15) is 5.75 Å². The van der Waals surface area contributed by atoms with Crippen LogP contribution in [-0.2, 0) is 16.6 Å². The summed E-state index contributed by atoms with van der Waals surface area (Å²) in [4.78, 5) is 11.6. The van der Waals surface area contributed by atoms with Gasteiger partial charge >= 0.3 is 6.16 Å². The first kappa shape index (κ1) is 21.8. The van der Waals surface area contributed by atoms with E-state index in [1.165, 1.54) is 75.3 Å². The zero-order valence-electron chi connectivity index (χ0n) is 19.8. The Morgan fingerprint density at radius 2 is 1.88 bits per heavy atom. The molecule has 4 fully saturated rings. The van der Waals surface area contributed by atoms with E-state index >= 15 is 0 Å². The van der Waals surface area contributed by atoms with Gasteiger partial charge in [0.2, 0.25) is 0 Å². The number of hydrogen-bond acceptors (Lipinski definition) is 4. The van der Waals surface area contributed by atoms with Gasteiger partial charge in [-0.3, -0.25) is 0 Å².